The van der Waals surface area contributed by atoms with E-state index in [0.29, 0.717) is 28.6 Å². The van der Waals surface area contributed by atoms with Crippen LogP contribution in [0.5, 0.6) is 11.5 Å². The number of rotatable bonds is 6. The molecule has 0 bridgehead atoms. The van der Waals surface area contributed by atoms with Crippen LogP contribution in [0.1, 0.15) is 12.5 Å². The normalized spacial score (nSPS) is 10.0. The van der Waals surface area contributed by atoms with E-state index >= 15 is 0 Å². The third kappa shape index (κ3) is 3.78. The number of hydrogen-bond donors (Lipinski definition) is 2. The predicted octanol–water partition coefficient (Wildman–Crippen LogP) is 1.36. The summed E-state index contributed by atoms with van der Waals surface area (Å²) in [6.45, 7) is 1.97. The van der Waals surface area contributed by atoms with Crippen molar-refractivity contribution < 1.29 is 19.4 Å². The van der Waals surface area contributed by atoms with Crippen LogP contribution in [0, 0.1) is 0 Å². The number of halogens is 1. The Bertz CT molecular complexity index is 398. The molecule has 0 unspecified atom stereocenters. The summed E-state index contributed by atoms with van der Waals surface area (Å²) in [4.78, 5) is 11.3. The molecule has 0 aliphatic heterocycles. The molecule has 0 saturated carbocycles. The number of benzene rings is 1. The molecular weight excluding hydrogens is 258 g/mol. The first-order chi connectivity index (χ1) is 8.62. The fourth-order valence-electron chi connectivity index (χ4n) is 1.44. The minimum Gasteiger partial charge on any atom is -0.493 e. The summed E-state index contributed by atoms with van der Waals surface area (Å²) in [6, 6.07) is 3.13. The number of carbonyl (C=O) groups excluding carboxylic acids is 1. The Morgan fingerprint density at radius 1 is 1.50 bits per heavy atom. The minimum absolute atomic E-state index is 0.140. The number of methoxy groups -OCH3 is 1. The van der Waals surface area contributed by atoms with Crippen LogP contribution in [0.4, 0.5) is 0 Å². The van der Waals surface area contributed by atoms with Crippen molar-refractivity contribution in [2.75, 3.05) is 20.3 Å². The third-order valence-electron chi connectivity index (χ3n) is 2.21. The third-order valence-corrected chi connectivity index (χ3v) is 2.43. The number of nitrogens with one attached hydrogen (secondary N) is 1. The number of amides is 1. The van der Waals surface area contributed by atoms with Crippen LogP contribution in [0.25, 0.3) is 0 Å². The maximum absolute atomic E-state index is 11.3. The zero-order valence-electron chi connectivity index (χ0n) is 10.3. The van der Waals surface area contributed by atoms with Gasteiger partial charge < -0.3 is 19.9 Å². The van der Waals surface area contributed by atoms with E-state index in [1.807, 2.05) is 6.92 Å². The first kappa shape index (κ1) is 14.6. The average molecular weight is 274 g/mol. The number of ether oxygens (including phenoxy) is 2. The maximum atomic E-state index is 11.3. The van der Waals surface area contributed by atoms with Gasteiger partial charge in [-0.25, -0.2) is 0 Å². The Labute approximate surface area is 111 Å². The van der Waals surface area contributed by atoms with Gasteiger partial charge in [-0.15, -0.1) is 0 Å². The fraction of sp³-hybridized carbons (Fsp3) is 0.417. The first-order valence-corrected chi connectivity index (χ1v) is 5.86. The van der Waals surface area contributed by atoms with E-state index < -0.39 is 0 Å². The van der Waals surface area contributed by atoms with E-state index in [1.165, 1.54) is 7.11 Å². The van der Waals surface area contributed by atoms with E-state index in [9.17, 15) is 9.90 Å². The Hall–Kier alpha value is -1.46. The molecule has 1 rings (SSSR count). The molecule has 0 heterocycles. The number of hydrogen-bond acceptors (Lipinski definition) is 4. The maximum Gasteiger partial charge on any atom is 0.257 e. The van der Waals surface area contributed by atoms with Crippen molar-refractivity contribution in [3.05, 3.63) is 22.7 Å². The van der Waals surface area contributed by atoms with Crippen molar-refractivity contribution in [2.45, 2.75) is 13.5 Å². The van der Waals surface area contributed by atoms with Gasteiger partial charge in [-0.3, -0.25) is 4.79 Å². The highest BCUT2D eigenvalue weighted by atomic mass is 35.5. The van der Waals surface area contributed by atoms with Gasteiger partial charge in [0.2, 0.25) is 0 Å². The van der Waals surface area contributed by atoms with Gasteiger partial charge in [0.1, 0.15) is 0 Å². The lowest BCUT2D eigenvalue weighted by Crippen LogP contribution is -2.28. The molecule has 0 spiro atoms. The van der Waals surface area contributed by atoms with Crippen molar-refractivity contribution in [2.24, 2.45) is 0 Å². The zero-order valence-corrected chi connectivity index (χ0v) is 11.1. The molecule has 6 heteroatoms. The van der Waals surface area contributed by atoms with Gasteiger partial charge >= 0.3 is 0 Å². The zero-order chi connectivity index (χ0) is 13.5. The van der Waals surface area contributed by atoms with E-state index in [2.05, 4.69) is 5.32 Å². The summed E-state index contributed by atoms with van der Waals surface area (Å²) >= 11 is 5.87. The van der Waals surface area contributed by atoms with Crippen LogP contribution in [0.15, 0.2) is 12.1 Å². The lowest BCUT2D eigenvalue weighted by Gasteiger charge is -2.14. The highest BCUT2D eigenvalue weighted by molar-refractivity contribution is 6.30. The molecule has 0 atom stereocenters. The second-order valence-corrected chi connectivity index (χ2v) is 3.93. The molecule has 18 heavy (non-hydrogen) atoms. The Morgan fingerprint density at radius 2 is 2.22 bits per heavy atom. The minimum atomic E-state index is -0.248. The summed E-state index contributed by atoms with van der Waals surface area (Å²) in [7, 11) is 1.46. The van der Waals surface area contributed by atoms with E-state index in [0.717, 1.165) is 0 Å². The standard InChI is InChI=1S/C12H16ClNO4/c1-3-14-11(16)7-18-12-8(6-15)4-9(13)5-10(12)17-2/h4-5,15H,3,6-7H2,1-2H3,(H,14,16). The molecular formula is C12H16ClNO4. The van der Waals surface area contributed by atoms with Gasteiger partial charge in [-0.05, 0) is 13.0 Å². The largest absolute Gasteiger partial charge is 0.493 e. The van der Waals surface area contributed by atoms with Crippen LogP contribution in [-0.2, 0) is 11.4 Å². The molecule has 0 radical (unpaired) electrons. The topological polar surface area (TPSA) is 67.8 Å². The van der Waals surface area contributed by atoms with E-state index in [4.69, 9.17) is 21.1 Å². The Balaban J connectivity index is 2.88. The molecule has 0 saturated heterocycles. The number of aliphatic hydroxyl groups excluding tert-OH is 1. The van der Waals surface area contributed by atoms with Crippen LogP contribution >= 0.6 is 11.6 Å². The molecule has 0 aromatic heterocycles. The highest BCUT2D eigenvalue weighted by Gasteiger charge is 2.13. The fourth-order valence-corrected chi connectivity index (χ4v) is 1.67. The van der Waals surface area contributed by atoms with Crippen LogP contribution in [0.2, 0.25) is 5.02 Å². The van der Waals surface area contributed by atoms with Crippen LogP contribution in [0.3, 0.4) is 0 Å². The van der Waals surface area contributed by atoms with Crippen molar-refractivity contribution in [3.8, 4) is 11.5 Å². The van der Waals surface area contributed by atoms with Gasteiger partial charge in [0, 0.05) is 23.2 Å². The van der Waals surface area contributed by atoms with Crippen molar-refractivity contribution in [3.63, 3.8) is 0 Å². The van der Waals surface area contributed by atoms with Gasteiger partial charge in [0.25, 0.3) is 5.91 Å². The van der Waals surface area contributed by atoms with Crippen molar-refractivity contribution in [1.29, 1.82) is 0 Å². The second kappa shape index (κ2) is 7.08. The SMILES string of the molecule is CCNC(=O)COc1c(CO)cc(Cl)cc1OC. The van der Waals surface area contributed by atoms with Gasteiger partial charge in [-0.2, -0.15) is 0 Å². The highest BCUT2D eigenvalue weighted by Crippen LogP contribution is 2.34. The lowest BCUT2D eigenvalue weighted by molar-refractivity contribution is -0.123. The monoisotopic (exact) mass is 273 g/mol. The van der Waals surface area contributed by atoms with Gasteiger partial charge in [0.05, 0.1) is 13.7 Å². The molecule has 1 amide bonds. The van der Waals surface area contributed by atoms with E-state index in [1.54, 1.807) is 12.1 Å². The molecule has 1 aromatic carbocycles. The number of aliphatic hydroxyl groups is 1. The van der Waals surface area contributed by atoms with E-state index in [-0.39, 0.29) is 19.1 Å². The molecule has 0 fully saturated rings. The molecule has 5 nitrogen and oxygen atoms in total. The smallest absolute Gasteiger partial charge is 0.257 e. The van der Waals surface area contributed by atoms with Gasteiger partial charge in [0.15, 0.2) is 18.1 Å². The number of carbonyl (C=O) groups is 1. The molecule has 1 aromatic rings. The van der Waals surface area contributed by atoms with Crippen molar-refractivity contribution >= 4 is 17.5 Å². The number of likely N-dealkylation sites (N-methyl/N-ethyl adjacent to an activating group) is 1. The molecule has 2 N–H and O–H groups in total. The van der Waals surface area contributed by atoms with Crippen LogP contribution in [-0.4, -0.2) is 31.3 Å². The second-order valence-electron chi connectivity index (χ2n) is 3.50. The summed E-state index contributed by atoms with van der Waals surface area (Å²) < 4.78 is 10.5. The Kier molecular flexibility index (Phi) is 5.74. The molecule has 0 aliphatic rings. The quantitative estimate of drug-likeness (QED) is 0.821. The Morgan fingerprint density at radius 3 is 2.78 bits per heavy atom. The predicted molar refractivity (Wildman–Crippen MR) is 68.1 cm³/mol. The lowest BCUT2D eigenvalue weighted by atomic mass is 10.2. The first-order valence-electron chi connectivity index (χ1n) is 5.49. The van der Waals surface area contributed by atoms with Crippen LogP contribution < -0.4 is 14.8 Å². The molecule has 0 aliphatic carbocycles. The summed E-state index contributed by atoms with van der Waals surface area (Å²) in [5.41, 5.74) is 0.476. The molecule has 100 valence electrons. The van der Waals surface area contributed by atoms with Gasteiger partial charge in [-0.1, -0.05) is 11.6 Å². The van der Waals surface area contributed by atoms with Crippen molar-refractivity contribution in [1.82, 2.24) is 5.32 Å². The summed E-state index contributed by atoms with van der Waals surface area (Å²) in [5, 5.41) is 12.3. The summed E-state index contributed by atoms with van der Waals surface area (Å²) in [6.07, 6.45) is 0. The average Bonchev–Trinajstić information content (AvgIpc) is 2.36. The summed E-state index contributed by atoms with van der Waals surface area (Å²) in [5.74, 6) is 0.477.